The monoisotopic (exact) mass is 201 g/mol. The summed E-state index contributed by atoms with van der Waals surface area (Å²) in [6, 6.07) is 3.23. The molecule has 0 unspecified atom stereocenters. The average Bonchev–Trinajstić information content (AvgIpc) is 2.82. The highest BCUT2D eigenvalue weighted by molar-refractivity contribution is 5.30. The van der Waals surface area contributed by atoms with E-state index in [1.165, 1.54) is 12.3 Å². The highest BCUT2D eigenvalue weighted by Gasteiger charge is 2.65. The van der Waals surface area contributed by atoms with E-state index >= 15 is 0 Å². The van der Waals surface area contributed by atoms with E-state index in [9.17, 15) is 13.2 Å². The number of rotatable bonds is 1. The molecule has 76 valence electrons. The van der Waals surface area contributed by atoms with Crippen molar-refractivity contribution in [3.63, 3.8) is 0 Å². The van der Waals surface area contributed by atoms with Crippen LogP contribution in [0.25, 0.3) is 0 Å². The number of aromatic nitrogens is 1. The van der Waals surface area contributed by atoms with E-state index in [-0.39, 0.29) is 18.5 Å². The van der Waals surface area contributed by atoms with Crippen molar-refractivity contribution in [2.75, 3.05) is 0 Å². The van der Waals surface area contributed by atoms with Crippen molar-refractivity contribution < 1.29 is 13.2 Å². The van der Waals surface area contributed by atoms with E-state index in [0.29, 0.717) is 0 Å². The van der Waals surface area contributed by atoms with Gasteiger partial charge in [0.15, 0.2) is 0 Å². The van der Waals surface area contributed by atoms with Gasteiger partial charge in [-0.2, -0.15) is 13.2 Å². The number of alkyl halides is 3. The van der Waals surface area contributed by atoms with Gasteiger partial charge in [-0.1, -0.05) is 0 Å². The summed E-state index contributed by atoms with van der Waals surface area (Å²) in [6.45, 7) is 1.78. The molecule has 1 saturated carbocycles. The van der Waals surface area contributed by atoms with Gasteiger partial charge in [0.25, 0.3) is 0 Å². The minimum Gasteiger partial charge on any atom is -0.260 e. The van der Waals surface area contributed by atoms with Crippen LogP contribution < -0.4 is 0 Å². The minimum atomic E-state index is -4.16. The first-order valence-corrected chi connectivity index (χ1v) is 4.46. The lowest BCUT2D eigenvalue weighted by molar-refractivity contribution is -0.161. The zero-order valence-electron chi connectivity index (χ0n) is 7.73. The predicted molar refractivity (Wildman–Crippen MR) is 45.9 cm³/mol. The Morgan fingerprint density at radius 2 is 2.00 bits per heavy atom. The molecule has 1 nitrogen and oxygen atoms in total. The van der Waals surface area contributed by atoms with Crippen LogP contribution >= 0.6 is 0 Å². The summed E-state index contributed by atoms with van der Waals surface area (Å²) in [7, 11) is 0. The fourth-order valence-electron chi connectivity index (χ4n) is 1.61. The fraction of sp³-hybridized carbons (Fsp3) is 0.500. The number of halogens is 3. The van der Waals surface area contributed by atoms with E-state index in [1.54, 1.807) is 13.0 Å². The Balaban J connectivity index is 2.41. The van der Waals surface area contributed by atoms with Gasteiger partial charge >= 0.3 is 6.18 Å². The molecule has 1 aliphatic carbocycles. The lowest BCUT2D eigenvalue weighted by Gasteiger charge is -2.18. The van der Waals surface area contributed by atoms with Gasteiger partial charge in [0.1, 0.15) is 5.41 Å². The third-order valence-corrected chi connectivity index (χ3v) is 2.70. The van der Waals surface area contributed by atoms with Crippen LogP contribution in [-0.4, -0.2) is 11.2 Å². The normalized spacial score (nSPS) is 19.4. The molecule has 0 amide bonds. The zero-order valence-corrected chi connectivity index (χ0v) is 7.73. The molecular formula is C10H10F3N. The Bertz CT molecular complexity index is 353. The minimum absolute atomic E-state index is 0.171. The molecule has 0 spiro atoms. The highest BCUT2D eigenvalue weighted by Crippen LogP contribution is 2.58. The van der Waals surface area contributed by atoms with Crippen LogP contribution in [0, 0.1) is 6.92 Å². The maximum absolute atomic E-state index is 12.7. The molecule has 1 aromatic heterocycles. The summed E-state index contributed by atoms with van der Waals surface area (Å²) in [6.07, 6.45) is -2.37. The number of pyridine rings is 1. The Morgan fingerprint density at radius 1 is 1.36 bits per heavy atom. The standard InChI is InChI=1S/C10H10F3N/c1-7-2-5-14-8(6-7)9(3-4-9)10(11,12)13/h2,5-6H,3-4H2,1H3. The molecule has 1 aliphatic rings. The Morgan fingerprint density at radius 3 is 2.43 bits per heavy atom. The van der Waals surface area contributed by atoms with Crippen LogP contribution in [0.3, 0.4) is 0 Å². The van der Waals surface area contributed by atoms with E-state index in [4.69, 9.17) is 0 Å². The van der Waals surface area contributed by atoms with Crippen LogP contribution in [0.2, 0.25) is 0 Å². The molecule has 2 rings (SSSR count). The molecule has 0 N–H and O–H groups in total. The Labute approximate surface area is 80.0 Å². The zero-order chi connectivity index (χ0) is 10.4. The summed E-state index contributed by atoms with van der Waals surface area (Å²) in [5.41, 5.74) is -0.644. The molecule has 14 heavy (non-hydrogen) atoms. The van der Waals surface area contributed by atoms with Crippen LogP contribution in [-0.2, 0) is 5.41 Å². The van der Waals surface area contributed by atoms with Crippen molar-refractivity contribution in [1.82, 2.24) is 4.98 Å². The highest BCUT2D eigenvalue weighted by atomic mass is 19.4. The second-order valence-corrected chi connectivity index (χ2v) is 3.80. The van der Waals surface area contributed by atoms with Crippen LogP contribution in [0.15, 0.2) is 18.3 Å². The van der Waals surface area contributed by atoms with E-state index in [1.807, 2.05) is 0 Å². The fourth-order valence-corrected chi connectivity index (χ4v) is 1.61. The summed E-state index contributed by atoms with van der Waals surface area (Å²) in [5, 5.41) is 0. The molecule has 4 heteroatoms. The van der Waals surface area contributed by atoms with Crippen molar-refractivity contribution in [3.8, 4) is 0 Å². The smallest absolute Gasteiger partial charge is 0.260 e. The SMILES string of the molecule is Cc1ccnc(C2(C(F)(F)F)CC2)c1. The average molecular weight is 201 g/mol. The largest absolute Gasteiger partial charge is 0.399 e. The first kappa shape index (κ1) is 9.49. The molecule has 1 aromatic rings. The number of hydrogen-bond donors (Lipinski definition) is 0. The number of hydrogen-bond acceptors (Lipinski definition) is 1. The Kier molecular flexibility index (Phi) is 1.84. The van der Waals surface area contributed by atoms with Gasteiger partial charge in [-0.05, 0) is 37.5 Å². The molecule has 0 saturated heterocycles. The molecule has 0 bridgehead atoms. The van der Waals surface area contributed by atoms with Crippen molar-refractivity contribution in [3.05, 3.63) is 29.6 Å². The third-order valence-electron chi connectivity index (χ3n) is 2.70. The predicted octanol–water partition coefficient (Wildman–Crippen LogP) is 2.98. The van der Waals surface area contributed by atoms with Gasteiger partial charge in [0.2, 0.25) is 0 Å². The molecular weight excluding hydrogens is 191 g/mol. The van der Waals surface area contributed by atoms with Crippen LogP contribution in [0.1, 0.15) is 24.1 Å². The molecule has 1 heterocycles. The maximum Gasteiger partial charge on any atom is 0.399 e. The Hall–Kier alpha value is -1.06. The van der Waals surface area contributed by atoms with Crippen molar-refractivity contribution >= 4 is 0 Å². The summed E-state index contributed by atoms with van der Waals surface area (Å²) < 4.78 is 38.0. The summed E-state index contributed by atoms with van der Waals surface area (Å²) >= 11 is 0. The van der Waals surface area contributed by atoms with Gasteiger partial charge in [0.05, 0.1) is 5.69 Å². The number of nitrogens with zero attached hydrogens (tertiary/aromatic N) is 1. The van der Waals surface area contributed by atoms with Gasteiger partial charge in [-0.15, -0.1) is 0 Å². The molecule has 0 radical (unpaired) electrons. The van der Waals surface area contributed by atoms with E-state index in [2.05, 4.69) is 4.98 Å². The maximum atomic E-state index is 12.7. The second-order valence-electron chi connectivity index (χ2n) is 3.80. The van der Waals surface area contributed by atoms with E-state index < -0.39 is 11.6 Å². The second kappa shape index (κ2) is 2.72. The first-order valence-electron chi connectivity index (χ1n) is 4.46. The molecule has 0 aliphatic heterocycles. The molecule has 0 aromatic carbocycles. The van der Waals surface area contributed by atoms with Crippen molar-refractivity contribution in [2.45, 2.75) is 31.4 Å². The van der Waals surface area contributed by atoms with Gasteiger partial charge in [0, 0.05) is 6.20 Å². The van der Waals surface area contributed by atoms with Crippen molar-refractivity contribution in [2.24, 2.45) is 0 Å². The molecule has 0 atom stereocenters. The summed E-state index contributed by atoms with van der Waals surface area (Å²) in [4.78, 5) is 3.82. The topological polar surface area (TPSA) is 12.9 Å². The summed E-state index contributed by atoms with van der Waals surface area (Å²) in [5.74, 6) is 0. The third kappa shape index (κ3) is 1.29. The molecule has 1 fully saturated rings. The lowest BCUT2D eigenvalue weighted by atomic mass is 10.00. The van der Waals surface area contributed by atoms with Crippen molar-refractivity contribution in [1.29, 1.82) is 0 Å². The number of aryl methyl sites for hydroxylation is 1. The van der Waals surface area contributed by atoms with Crippen LogP contribution in [0.4, 0.5) is 13.2 Å². The van der Waals surface area contributed by atoms with Gasteiger partial charge in [-0.3, -0.25) is 4.98 Å². The van der Waals surface area contributed by atoms with Gasteiger partial charge < -0.3 is 0 Å². The van der Waals surface area contributed by atoms with Gasteiger partial charge in [-0.25, -0.2) is 0 Å². The lowest BCUT2D eigenvalue weighted by Crippen LogP contribution is -2.29. The van der Waals surface area contributed by atoms with Crippen LogP contribution in [0.5, 0.6) is 0 Å². The van der Waals surface area contributed by atoms with E-state index in [0.717, 1.165) is 5.56 Å². The first-order chi connectivity index (χ1) is 6.46. The quantitative estimate of drug-likeness (QED) is 0.680.